The predicted molar refractivity (Wildman–Crippen MR) is 74.0 cm³/mol. The number of fused-ring (bicyclic) bond motifs is 2. The molecule has 6 nitrogen and oxygen atoms in total. The molecule has 110 valence electrons. The molecule has 6 heteroatoms. The molecule has 0 radical (unpaired) electrons. The summed E-state index contributed by atoms with van der Waals surface area (Å²) in [6.45, 7) is 2.34. The average Bonchev–Trinajstić information content (AvgIpc) is 2.97. The summed E-state index contributed by atoms with van der Waals surface area (Å²) in [7, 11) is 0. The molecule has 2 fully saturated rings. The highest BCUT2D eigenvalue weighted by Crippen LogP contribution is 2.25. The monoisotopic (exact) mass is 288 g/mol. The highest BCUT2D eigenvalue weighted by molar-refractivity contribution is 5.95. The molecular formula is C15H16N2O4. The van der Waals surface area contributed by atoms with Crippen LogP contribution in [0.3, 0.4) is 0 Å². The molecule has 1 amide bonds. The molecule has 4 rings (SSSR count). The third kappa shape index (κ3) is 2.20. The van der Waals surface area contributed by atoms with Crippen LogP contribution in [0, 0.1) is 0 Å². The lowest BCUT2D eigenvalue weighted by atomic mass is 10.0. The van der Waals surface area contributed by atoms with Crippen LogP contribution in [0.1, 0.15) is 17.0 Å². The molecule has 0 saturated carbocycles. The summed E-state index contributed by atoms with van der Waals surface area (Å²) in [4.78, 5) is 18.8. The molecule has 2 aromatic heterocycles. The van der Waals surface area contributed by atoms with E-state index < -0.39 is 0 Å². The summed E-state index contributed by atoms with van der Waals surface area (Å²) in [5, 5.41) is 0. The second-order valence-electron chi connectivity index (χ2n) is 5.34. The van der Waals surface area contributed by atoms with Crippen molar-refractivity contribution in [2.45, 2.75) is 18.6 Å². The molecule has 0 aromatic carbocycles. The van der Waals surface area contributed by atoms with Crippen LogP contribution in [0.5, 0.6) is 0 Å². The second kappa shape index (κ2) is 5.13. The van der Waals surface area contributed by atoms with Gasteiger partial charge in [-0.05, 0) is 18.6 Å². The fourth-order valence-corrected chi connectivity index (χ4v) is 3.05. The van der Waals surface area contributed by atoms with Crippen molar-refractivity contribution in [1.29, 1.82) is 0 Å². The summed E-state index contributed by atoms with van der Waals surface area (Å²) in [5.74, 6) is 0.254. The number of hydrogen-bond acceptors (Lipinski definition) is 5. The largest absolute Gasteiger partial charge is 0.449 e. The van der Waals surface area contributed by atoms with Gasteiger partial charge in [-0.15, -0.1) is 0 Å². The normalized spacial score (nSPS) is 25.8. The summed E-state index contributed by atoms with van der Waals surface area (Å²) >= 11 is 0. The molecule has 0 bridgehead atoms. The molecule has 0 spiro atoms. The van der Waals surface area contributed by atoms with Gasteiger partial charge in [-0.1, -0.05) is 0 Å². The Bertz CT molecular complexity index is 633. The zero-order chi connectivity index (χ0) is 14.2. The molecular weight excluding hydrogens is 272 g/mol. The van der Waals surface area contributed by atoms with Crippen LogP contribution in [0.15, 0.2) is 28.8 Å². The molecule has 4 heterocycles. The van der Waals surface area contributed by atoms with Crippen LogP contribution in [-0.4, -0.2) is 54.3 Å². The van der Waals surface area contributed by atoms with Crippen molar-refractivity contribution in [2.24, 2.45) is 0 Å². The fourth-order valence-electron chi connectivity index (χ4n) is 3.05. The highest BCUT2D eigenvalue weighted by Gasteiger charge is 2.38. The van der Waals surface area contributed by atoms with Gasteiger partial charge in [0.2, 0.25) is 0 Å². The minimum atomic E-state index is -0.0896. The maximum atomic E-state index is 12.7. The maximum Gasteiger partial charge on any atom is 0.290 e. The number of aromatic nitrogens is 1. The lowest BCUT2D eigenvalue weighted by molar-refractivity contribution is -0.124. The van der Waals surface area contributed by atoms with Crippen LogP contribution in [0.4, 0.5) is 0 Å². The van der Waals surface area contributed by atoms with Gasteiger partial charge in [0.05, 0.1) is 19.3 Å². The Morgan fingerprint density at radius 1 is 1.38 bits per heavy atom. The van der Waals surface area contributed by atoms with Crippen LogP contribution < -0.4 is 0 Å². The van der Waals surface area contributed by atoms with Gasteiger partial charge < -0.3 is 18.8 Å². The van der Waals surface area contributed by atoms with Crippen molar-refractivity contribution in [3.8, 4) is 0 Å². The number of furan rings is 1. The average molecular weight is 288 g/mol. The van der Waals surface area contributed by atoms with Gasteiger partial charge in [-0.25, -0.2) is 0 Å². The first-order valence-electron chi connectivity index (χ1n) is 7.18. The van der Waals surface area contributed by atoms with E-state index in [9.17, 15) is 4.79 Å². The number of morpholine rings is 1. The van der Waals surface area contributed by atoms with E-state index in [0.717, 1.165) is 6.42 Å². The number of amides is 1. The van der Waals surface area contributed by atoms with Crippen molar-refractivity contribution in [3.05, 3.63) is 30.2 Å². The van der Waals surface area contributed by atoms with Crippen LogP contribution in [0.2, 0.25) is 0 Å². The SMILES string of the molecule is O=C(c1cc2ncccc2o1)N1CCO[C@H]2COCC[C@H]21. The minimum Gasteiger partial charge on any atom is -0.449 e. The van der Waals surface area contributed by atoms with E-state index in [0.29, 0.717) is 43.2 Å². The highest BCUT2D eigenvalue weighted by atomic mass is 16.5. The van der Waals surface area contributed by atoms with E-state index in [-0.39, 0.29) is 18.1 Å². The topological polar surface area (TPSA) is 64.8 Å². The second-order valence-corrected chi connectivity index (χ2v) is 5.34. The summed E-state index contributed by atoms with van der Waals surface area (Å²) in [5.41, 5.74) is 1.34. The van der Waals surface area contributed by atoms with E-state index in [1.54, 1.807) is 18.3 Å². The van der Waals surface area contributed by atoms with Gasteiger partial charge in [0.15, 0.2) is 11.3 Å². The maximum absolute atomic E-state index is 12.7. The molecule has 2 atom stereocenters. The van der Waals surface area contributed by atoms with Crippen molar-refractivity contribution in [1.82, 2.24) is 9.88 Å². The molecule has 21 heavy (non-hydrogen) atoms. The van der Waals surface area contributed by atoms with E-state index in [1.807, 2.05) is 11.0 Å². The van der Waals surface area contributed by atoms with E-state index in [4.69, 9.17) is 13.9 Å². The van der Waals surface area contributed by atoms with Gasteiger partial charge in [0.1, 0.15) is 11.6 Å². The first-order valence-corrected chi connectivity index (χ1v) is 7.18. The smallest absolute Gasteiger partial charge is 0.290 e. The Kier molecular flexibility index (Phi) is 3.12. The van der Waals surface area contributed by atoms with Crippen molar-refractivity contribution in [2.75, 3.05) is 26.4 Å². The molecule has 0 unspecified atom stereocenters. The van der Waals surface area contributed by atoms with E-state index in [1.165, 1.54) is 0 Å². The number of hydrogen-bond donors (Lipinski definition) is 0. The van der Waals surface area contributed by atoms with Gasteiger partial charge >= 0.3 is 0 Å². The molecule has 0 aliphatic carbocycles. The summed E-state index contributed by atoms with van der Waals surface area (Å²) in [6.07, 6.45) is 2.46. The Morgan fingerprint density at radius 2 is 2.33 bits per heavy atom. The molecule has 2 aromatic rings. The zero-order valence-corrected chi connectivity index (χ0v) is 11.5. The van der Waals surface area contributed by atoms with Gasteiger partial charge in [-0.2, -0.15) is 0 Å². The number of carbonyl (C=O) groups is 1. The Morgan fingerprint density at radius 3 is 3.24 bits per heavy atom. The molecule has 2 aliphatic rings. The fraction of sp³-hybridized carbons (Fsp3) is 0.467. The third-order valence-corrected chi connectivity index (χ3v) is 4.09. The predicted octanol–water partition coefficient (Wildman–Crippen LogP) is 1.46. The first kappa shape index (κ1) is 12.8. The van der Waals surface area contributed by atoms with Gasteiger partial charge in [0.25, 0.3) is 5.91 Å². The van der Waals surface area contributed by atoms with E-state index in [2.05, 4.69) is 4.98 Å². The van der Waals surface area contributed by atoms with E-state index >= 15 is 0 Å². The van der Waals surface area contributed by atoms with Gasteiger partial charge in [-0.3, -0.25) is 9.78 Å². The zero-order valence-electron chi connectivity index (χ0n) is 11.5. The van der Waals surface area contributed by atoms with Crippen molar-refractivity contribution < 1.29 is 18.7 Å². The molecule has 2 saturated heterocycles. The van der Waals surface area contributed by atoms with Crippen LogP contribution in [0.25, 0.3) is 11.1 Å². The van der Waals surface area contributed by atoms with Crippen LogP contribution >= 0.6 is 0 Å². The molecule has 2 aliphatic heterocycles. The van der Waals surface area contributed by atoms with Crippen molar-refractivity contribution in [3.63, 3.8) is 0 Å². The lowest BCUT2D eigenvalue weighted by Crippen LogP contribution is -2.57. The summed E-state index contributed by atoms with van der Waals surface area (Å²) < 4.78 is 16.8. The number of nitrogens with zero attached hydrogens (tertiary/aromatic N) is 2. The quantitative estimate of drug-likeness (QED) is 0.795. The minimum absolute atomic E-state index is 0.0287. The van der Waals surface area contributed by atoms with Crippen LogP contribution in [-0.2, 0) is 9.47 Å². The van der Waals surface area contributed by atoms with Gasteiger partial charge in [0, 0.05) is 25.4 Å². The standard InChI is InChI=1S/C15H16N2O4/c18-15(13-8-10-12(21-13)2-1-4-16-10)17-5-7-20-14-9-19-6-3-11(14)17/h1-2,4,8,11,14H,3,5-7,9H2/t11-,14+/m1/s1. The Labute approximate surface area is 121 Å². The summed E-state index contributed by atoms with van der Waals surface area (Å²) in [6, 6.07) is 5.39. The number of ether oxygens (including phenoxy) is 2. The molecule has 0 N–H and O–H groups in total. The first-order chi connectivity index (χ1) is 10.3. The third-order valence-electron chi connectivity index (χ3n) is 4.09. The number of carbonyl (C=O) groups excluding carboxylic acids is 1. The Balaban J connectivity index is 1.63. The number of rotatable bonds is 1. The van der Waals surface area contributed by atoms with Crippen molar-refractivity contribution >= 4 is 17.0 Å². The number of pyridine rings is 1. The Hall–Kier alpha value is -1.92. The lowest BCUT2D eigenvalue weighted by Gasteiger charge is -2.43.